The van der Waals surface area contributed by atoms with Gasteiger partial charge in [-0.2, -0.15) is 0 Å². The van der Waals surface area contributed by atoms with Gasteiger partial charge in [-0.15, -0.1) is 0 Å². The summed E-state index contributed by atoms with van der Waals surface area (Å²) in [5, 5.41) is 4.81. The summed E-state index contributed by atoms with van der Waals surface area (Å²) >= 11 is 0. The van der Waals surface area contributed by atoms with Gasteiger partial charge in [0.2, 0.25) is 0 Å². The molecule has 178 valence electrons. The van der Waals surface area contributed by atoms with Crippen molar-refractivity contribution < 1.29 is 4.42 Å². The van der Waals surface area contributed by atoms with E-state index >= 15 is 0 Å². The van der Waals surface area contributed by atoms with Crippen LogP contribution in [0, 0.1) is 0 Å². The van der Waals surface area contributed by atoms with Crippen LogP contribution in [0.1, 0.15) is 0 Å². The Kier molecular flexibility index (Phi) is 4.55. The molecule has 0 aliphatic carbocycles. The SMILES string of the molecule is c1ccc(-c2cccc3c2oc2ccccc23)c(-c2ccccc2-n2c3ccccc3c3ccccc32)c1. The second-order valence-corrected chi connectivity index (χ2v) is 9.71. The third-order valence-corrected chi connectivity index (χ3v) is 7.64. The Hall–Kier alpha value is -5.08. The predicted octanol–water partition coefficient (Wildman–Crippen LogP) is 10.0. The molecule has 8 rings (SSSR count). The number of hydrogen-bond acceptors (Lipinski definition) is 1. The Morgan fingerprint density at radius 2 is 0.868 bits per heavy atom. The van der Waals surface area contributed by atoms with Gasteiger partial charge in [-0.05, 0) is 35.4 Å². The van der Waals surface area contributed by atoms with Crippen molar-refractivity contribution in [1.29, 1.82) is 0 Å². The minimum Gasteiger partial charge on any atom is -0.455 e. The van der Waals surface area contributed by atoms with Crippen molar-refractivity contribution in [3.63, 3.8) is 0 Å². The van der Waals surface area contributed by atoms with E-state index in [-0.39, 0.29) is 0 Å². The molecule has 0 spiro atoms. The molecule has 0 aliphatic heterocycles. The standard InChI is InChI=1S/C36H23NO/c1-2-13-25(30-18-11-19-31-29-17-6-10-23-35(29)38-36(30)31)24(12-1)26-14-3-7-20-32(26)37-33-21-8-4-15-27(33)28-16-5-9-22-34(28)37/h1-23H. The van der Waals surface area contributed by atoms with Crippen LogP contribution in [0.4, 0.5) is 0 Å². The quantitative estimate of drug-likeness (QED) is 0.243. The van der Waals surface area contributed by atoms with Crippen LogP contribution in [0.25, 0.3) is 71.7 Å². The van der Waals surface area contributed by atoms with Gasteiger partial charge in [0.05, 0.1) is 16.7 Å². The molecule has 0 fully saturated rings. The first-order valence-corrected chi connectivity index (χ1v) is 13.0. The van der Waals surface area contributed by atoms with Gasteiger partial charge in [-0.25, -0.2) is 0 Å². The Labute approximate surface area is 220 Å². The number of fused-ring (bicyclic) bond motifs is 6. The molecule has 0 unspecified atom stereocenters. The Balaban J connectivity index is 1.43. The molecule has 0 amide bonds. The number of nitrogens with zero attached hydrogens (tertiary/aromatic N) is 1. The van der Waals surface area contributed by atoms with Gasteiger partial charge in [0.1, 0.15) is 11.2 Å². The lowest BCUT2D eigenvalue weighted by Crippen LogP contribution is -1.98. The second kappa shape index (κ2) is 8.22. The Bertz CT molecular complexity index is 2090. The molecular weight excluding hydrogens is 462 g/mol. The highest BCUT2D eigenvalue weighted by molar-refractivity contribution is 6.12. The van der Waals surface area contributed by atoms with E-state index in [0.717, 1.165) is 38.8 Å². The number of para-hydroxylation sites is 5. The molecule has 8 aromatic rings. The highest BCUT2D eigenvalue weighted by Crippen LogP contribution is 2.42. The van der Waals surface area contributed by atoms with Crippen LogP contribution in [0.3, 0.4) is 0 Å². The smallest absolute Gasteiger partial charge is 0.143 e. The average molecular weight is 486 g/mol. The van der Waals surface area contributed by atoms with Crippen LogP contribution in [0.5, 0.6) is 0 Å². The molecular formula is C36H23NO. The molecule has 0 bridgehead atoms. The van der Waals surface area contributed by atoms with Crippen molar-refractivity contribution in [3.05, 3.63) is 140 Å². The molecule has 0 aliphatic rings. The summed E-state index contributed by atoms with van der Waals surface area (Å²) < 4.78 is 8.84. The van der Waals surface area contributed by atoms with Crippen LogP contribution >= 0.6 is 0 Å². The van der Waals surface area contributed by atoms with Gasteiger partial charge < -0.3 is 8.98 Å². The summed E-state index contributed by atoms with van der Waals surface area (Å²) in [5.74, 6) is 0. The van der Waals surface area contributed by atoms with E-state index in [4.69, 9.17) is 4.42 Å². The topological polar surface area (TPSA) is 18.1 Å². The van der Waals surface area contributed by atoms with E-state index in [1.165, 1.54) is 32.9 Å². The summed E-state index contributed by atoms with van der Waals surface area (Å²) in [6.45, 7) is 0. The van der Waals surface area contributed by atoms with Crippen molar-refractivity contribution in [2.24, 2.45) is 0 Å². The molecule has 2 heteroatoms. The molecule has 2 aromatic heterocycles. The average Bonchev–Trinajstić information content (AvgIpc) is 3.53. The molecule has 0 saturated heterocycles. The van der Waals surface area contributed by atoms with E-state index in [2.05, 4.69) is 132 Å². The number of aromatic nitrogens is 1. The molecule has 38 heavy (non-hydrogen) atoms. The normalized spacial score (nSPS) is 11.7. The molecule has 6 aromatic carbocycles. The van der Waals surface area contributed by atoms with Gasteiger partial charge in [0.25, 0.3) is 0 Å². The maximum absolute atomic E-state index is 6.44. The highest BCUT2D eigenvalue weighted by atomic mass is 16.3. The third-order valence-electron chi connectivity index (χ3n) is 7.64. The van der Waals surface area contributed by atoms with Crippen molar-refractivity contribution in [1.82, 2.24) is 4.57 Å². The Morgan fingerprint density at radius 1 is 0.368 bits per heavy atom. The lowest BCUT2D eigenvalue weighted by atomic mass is 9.92. The van der Waals surface area contributed by atoms with Crippen LogP contribution in [-0.4, -0.2) is 4.57 Å². The van der Waals surface area contributed by atoms with Crippen molar-refractivity contribution in [2.75, 3.05) is 0 Å². The van der Waals surface area contributed by atoms with Crippen LogP contribution in [-0.2, 0) is 0 Å². The molecule has 2 nitrogen and oxygen atoms in total. The van der Waals surface area contributed by atoms with Crippen LogP contribution < -0.4 is 0 Å². The molecule has 0 saturated carbocycles. The summed E-state index contributed by atoms with van der Waals surface area (Å²) in [6.07, 6.45) is 0. The number of hydrogen-bond donors (Lipinski definition) is 0. The Morgan fingerprint density at radius 3 is 1.61 bits per heavy atom. The van der Waals surface area contributed by atoms with Gasteiger partial charge in [0, 0.05) is 32.7 Å². The van der Waals surface area contributed by atoms with Crippen LogP contribution in [0.2, 0.25) is 0 Å². The van der Waals surface area contributed by atoms with Gasteiger partial charge in [-0.1, -0.05) is 115 Å². The zero-order chi connectivity index (χ0) is 25.1. The molecule has 0 N–H and O–H groups in total. The number of rotatable bonds is 3. The maximum atomic E-state index is 6.44. The third kappa shape index (κ3) is 3.01. The summed E-state index contributed by atoms with van der Waals surface area (Å²) in [6, 6.07) is 49.5. The van der Waals surface area contributed by atoms with E-state index < -0.39 is 0 Å². The fourth-order valence-electron chi connectivity index (χ4n) is 5.99. The zero-order valence-electron chi connectivity index (χ0n) is 20.6. The predicted molar refractivity (Wildman–Crippen MR) is 159 cm³/mol. The van der Waals surface area contributed by atoms with Crippen molar-refractivity contribution in [2.45, 2.75) is 0 Å². The number of furan rings is 1. The fraction of sp³-hybridized carbons (Fsp3) is 0. The summed E-state index contributed by atoms with van der Waals surface area (Å²) in [4.78, 5) is 0. The lowest BCUT2D eigenvalue weighted by molar-refractivity contribution is 0.670. The number of benzene rings is 6. The van der Waals surface area contributed by atoms with E-state index in [1.807, 2.05) is 12.1 Å². The maximum Gasteiger partial charge on any atom is 0.143 e. The first kappa shape index (κ1) is 21.0. The van der Waals surface area contributed by atoms with E-state index in [0.29, 0.717) is 0 Å². The lowest BCUT2D eigenvalue weighted by Gasteiger charge is -2.17. The minimum absolute atomic E-state index is 0.915. The van der Waals surface area contributed by atoms with E-state index in [1.54, 1.807) is 0 Å². The first-order chi connectivity index (χ1) is 18.9. The zero-order valence-corrected chi connectivity index (χ0v) is 20.6. The minimum atomic E-state index is 0.915. The van der Waals surface area contributed by atoms with E-state index in [9.17, 15) is 0 Å². The fourth-order valence-corrected chi connectivity index (χ4v) is 5.99. The molecule has 0 atom stereocenters. The van der Waals surface area contributed by atoms with Crippen molar-refractivity contribution in [3.8, 4) is 27.9 Å². The van der Waals surface area contributed by atoms with Gasteiger partial charge in [-0.3, -0.25) is 0 Å². The highest BCUT2D eigenvalue weighted by Gasteiger charge is 2.19. The molecule has 0 radical (unpaired) electrons. The first-order valence-electron chi connectivity index (χ1n) is 13.0. The van der Waals surface area contributed by atoms with Gasteiger partial charge >= 0.3 is 0 Å². The van der Waals surface area contributed by atoms with Gasteiger partial charge in [0.15, 0.2) is 0 Å². The second-order valence-electron chi connectivity index (χ2n) is 9.71. The largest absolute Gasteiger partial charge is 0.455 e. The summed E-state index contributed by atoms with van der Waals surface area (Å²) in [5.41, 5.74) is 10.0. The summed E-state index contributed by atoms with van der Waals surface area (Å²) in [7, 11) is 0. The monoisotopic (exact) mass is 485 g/mol. The molecule has 2 heterocycles. The van der Waals surface area contributed by atoms with Crippen LogP contribution in [0.15, 0.2) is 144 Å². The van der Waals surface area contributed by atoms with Crippen molar-refractivity contribution >= 4 is 43.7 Å².